The van der Waals surface area contributed by atoms with Crippen molar-refractivity contribution in [3.8, 4) is 0 Å². The second-order valence-corrected chi connectivity index (χ2v) is 21.1. The number of aliphatic hydroxyl groups excluding tert-OH is 5. The van der Waals surface area contributed by atoms with Crippen molar-refractivity contribution in [2.24, 2.45) is 0 Å². The van der Waals surface area contributed by atoms with Crippen molar-refractivity contribution in [2.45, 2.75) is 320 Å². The highest BCUT2D eigenvalue weighted by molar-refractivity contribution is 5.76. The summed E-state index contributed by atoms with van der Waals surface area (Å²) >= 11 is 0. The SMILES string of the molecule is CCCCCCC/C=C\C/C=C\C/C=C\CCCCCCCCCCCCCCC(=O)NC(COC1OC(CO)C(O)C(O)C1O)C(O)/C=C/CC/C=C/CCCCCCCCCCCCCCCCCC. The Kier molecular flexibility index (Phi) is 49.4. The topological polar surface area (TPSA) is 149 Å². The van der Waals surface area contributed by atoms with Crippen molar-refractivity contribution in [1.82, 2.24) is 5.32 Å². The van der Waals surface area contributed by atoms with Gasteiger partial charge in [0.15, 0.2) is 6.29 Å². The first kappa shape index (κ1) is 67.9. The molecular weight excluding hydrogens is 899 g/mol. The molecule has 0 aliphatic carbocycles. The van der Waals surface area contributed by atoms with Gasteiger partial charge in [-0.1, -0.05) is 261 Å². The third-order valence-corrected chi connectivity index (χ3v) is 14.3. The number of ether oxygens (including phenoxy) is 2. The summed E-state index contributed by atoms with van der Waals surface area (Å²) in [5, 5.41) is 54.6. The van der Waals surface area contributed by atoms with Crippen LogP contribution in [0.3, 0.4) is 0 Å². The van der Waals surface area contributed by atoms with E-state index in [-0.39, 0.29) is 12.5 Å². The van der Waals surface area contributed by atoms with Gasteiger partial charge in [0.05, 0.1) is 25.4 Å². The Morgan fingerprint density at radius 1 is 0.472 bits per heavy atom. The van der Waals surface area contributed by atoms with Crippen molar-refractivity contribution in [3.05, 3.63) is 60.8 Å². The predicted molar refractivity (Wildman–Crippen MR) is 304 cm³/mol. The molecule has 7 atom stereocenters. The lowest BCUT2D eigenvalue weighted by Crippen LogP contribution is -2.60. The molecule has 0 aromatic heterocycles. The molecule has 1 fully saturated rings. The van der Waals surface area contributed by atoms with Gasteiger partial charge in [0.2, 0.25) is 5.91 Å². The van der Waals surface area contributed by atoms with Gasteiger partial charge in [-0.15, -0.1) is 0 Å². The van der Waals surface area contributed by atoms with E-state index in [1.807, 2.05) is 6.08 Å². The maximum absolute atomic E-state index is 13.1. The van der Waals surface area contributed by atoms with Crippen LogP contribution in [0.1, 0.15) is 277 Å². The Bertz CT molecular complexity index is 1310. The summed E-state index contributed by atoms with van der Waals surface area (Å²) in [6, 6.07) is -0.826. The monoisotopic (exact) mass is 1010 g/mol. The summed E-state index contributed by atoms with van der Waals surface area (Å²) in [5.41, 5.74) is 0. The first-order chi connectivity index (χ1) is 35.3. The Balaban J connectivity index is 2.23. The number of aliphatic hydroxyl groups is 5. The van der Waals surface area contributed by atoms with Gasteiger partial charge >= 0.3 is 0 Å². The van der Waals surface area contributed by atoms with Gasteiger partial charge in [-0.25, -0.2) is 0 Å². The summed E-state index contributed by atoms with van der Waals surface area (Å²) in [6.07, 6.45) is 64.3. The number of hydrogen-bond donors (Lipinski definition) is 6. The second-order valence-electron chi connectivity index (χ2n) is 21.1. The molecule has 0 aromatic rings. The molecule has 0 spiro atoms. The molecule has 0 bridgehead atoms. The zero-order valence-electron chi connectivity index (χ0n) is 46.7. The van der Waals surface area contributed by atoms with Crippen LogP contribution in [-0.2, 0) is 14.3 Å². The van der Waals surface area contributed by atoms with Gasteiger partial charge in [0.25, 0.3) is 0 Å². The highest BCUT2D eigenvalue weighted by Gasteiger charge is 2.44. The number of amides is 1. The van der Waals surface area contributed by atoms with Crippen molar-refractivity contribution < 1.29 is 39.8 Å². The van der Waals surface area contributed by atoms with E-state index in [1.165, 1.54) is 205 Å². The molecule has 1 saturated heterocycles. The molecule has 0 radical (unpaired) electrons. The molecule has 72 heavy (non-hydrogen) atoms. The fraction of sp³-hybridized carbons (Fsp3) is 0.825. The van der Waals surface area contributed by atoms with Crippen LogP contribution in [0.4, 0.5) is 0 Å². The van der Waals surface area contributed by atoms with Gasteiger partial charge in [-0.3, -0.25) is 4.79 Å². The Morgan fingerprint density at radius 3 is 1.26 bits per heavy atom. The standard InChI is InChI=1S/C63H115NO8/c1-3-5-7-9-11-13-15-17-19-21-23-25-27-28-29-30-31-33-35-37-39-41-43-45-47-49-51-53-59(67)64-56(55-71-63-62(70)61(69)60(68)58(54-65)72-63)57(66)52-50-48-46-44-42-40-38-36-34-32-26-24-22-20-18-16-14-12-10-8-6-4-2/h15,17,21,23,27-28,42,44,50,52,56-58,60-63,65-66,68-70H,3-14,16,18-20,22,24-26,29-41,43,45-49,51,53-55H2,1-2H3,(H,64,67)/b17-15-,23-21-,28-27-,44-42+,52-50+. The van der Waals surface area contributed by atoms with Crippen LogP contribution in [-0.4, -0.2) is 87.5 Å². The third-order valence-electron chi connectivity index (χ3n) is 14.3. The maximum Gasteiger partial charge on any atom is 0.220 e. The minimum absolute atomic E-state index is 0.188. The van der Waals surface area contributed by atoms with E-state index < -0.39 is 49.5 Å². The Morgan fingerprint density at radius 2 is 0.833 bits per heavy atom. The second kappa shape index (κ2) is 52.3. The minimum Gasteiger partial charge on any atom is -0.394 e. The molecule has 1 aliphatic rings. The largest absolute Gasteiger partial charge is 0.394 e. The molecule has 420 valence electrons. The number of allylic oxidation sites excluding steroid dienone is 9. The van der Waals surface area contributed by atoms with E-state index in [1.54, 1.807) is 6.08 Å². The quantitative estimate of drug-likeness (QED) is 0.0261. The van der Waals surface area contributed by atoms with Crippen molar-refractivity contribution in [1.29, 1.82) is 0 Å². The van der Waals surface area contributed by atoms with Crippen LogP contribution in [0.25, 0.3) is 0 Å². The molecule has 1 amide bonds. The molecule has 1 heterocycles. The van der Waals surface area contributed by atoms with Gasteiger partial charge < -0.3 is 40.3 Å². The third kappa shape index (κ3) is 41.2. The number of nitrogens with one attached hydrogen (secondary N) is 1. The van der Waals surface area contributed by atoms with Crippen LogP contribution in [0.5, 0.6) is 0 Å². The molecular formula is C63H115NO8. The summed E-state index contributed by atoms with van der Waals surface area (Å²) in [6.45, 7) is 3.78. The Labute approximate surface area is 443 Å². The van der Waals surface area contributed by atoms with Crippen molar-refractivity contribution >= 4 is 5.91 Å². The smallest absolute Gasteiger partial charge is 0.220 e. The van der Waals surface area contributed by atoms with Crippen molar-refractivity contribution in [3.63, 3.8) is 0 Å². The van der Waals surface area contributed by atoms with Crippen LogP contribution in [0, 0.1) is 0 Å². The fourth-order valence-corrected chi connectivity index (χ4v) is 9.48. The molecule has 1 aliphatic heterocycles. The lowest BCUT2D eigenvalue weighted by atomic mass is 9.99. The van der Waals surface area contributed by atoms with Gasteiger partial charge in [-0.2, -0.15) is 0 Å². The van der Waals surface area contributed by atoms with Crippen LogP contribution >= 0.6 is 0 Å². The van der Waals surface area contributed by atoms with Gasteiger partial charge in [0.1, 0.15) is 24.4 Å². The van der Waals surface area contributed by atoms with E-state index in [9.17, 15) is 30.3 Å². The molecule has 9 heteroatoms. The lowest BCUT2D eigenvalue weighted by molar-refractivity contribution is -0.302. The highest BCUT2D eigenvalue weighted by atomic mass is 16.7. The normalized spacial score (nSPS) is 19.6. The number of carbonyl (C=O) groups is 1. The number of unbranched alkanes of at least 4 members (excludes halogenated alkanes) is 34. The maximum atomic E-state index is 13.1. The van der Waals surface area contributed by atoms with Gasteiger partial charge in [0, 0.05) is 6.42 Å². The summed E-state index contributed by atoms with van der Waals surface area (Å²) in [7, 11) is 0. The molecule has 7 unspecified atom stereocenters. The fourth-order valence-electron chi connectivity index (χ4n) is 9.48. The predicted octanol–water partition coefficient (Wildman–Crippen LogP) is 15.5. The molecule has 6 N–H and O–H groups in total. The summed E-state index contributed by atoms with van der Waals surface area (Å²) < 4.78 is 11.3. The van der Waals surface area contributed by atoms with E-state index in [2.05, 4.69) is 67.8 Å². The van der Waals surface area contributed by atoms with E-state index in [0.717, 1.165) is 51.4 Å². The minimum atomic E-state index is -1.57. The number of rotatable bonds is 52. The van der Waals surface area contributed by atoms with E-state index in [4.69, 9.17) is 9.47 Å². The molecule has 9 nitrogen and oxygen atoms in total. The Hall–Kier alpha value is -2.11. The summed E-state index contributed by atoms with van der Waals surface area (Å²) in [4.78, 5) is 13.1. The van der Waals surface area contributed by atoms with Crippen LogP contribution in [0.2, 0.25) is 0 Å². The first-order valence-corrected chi connectivity index (χ1v) is 30.5. The first-order valence-electron chi connectivity index (χ1n) is 30.5. The van der Waals surface area contributed by atoms with Crippen LogP contribution < -0.4 is 5.32 Å². The summed E-state index contributed by atoms with van der Waals surface area (Å²) in [5.74, 6) is -0.188. The molecule has 0 aromatic carbocycles. The zero-order valence-corrected chi connectivity index (χ0v) is 46.7. The zero-order chi connectivity index (χ0) is 52.2. The van der Waals surface area contributed by atoms with Crippen molar-refractivity contribution in [2.75, 3.05) is 13.2 Å². The number of hydrogen-bond acceptors (Lipinski definition) is 8. The molecule has 1 rings (SSSR count). The highest BCUT2D eigenvalue weighted by Crippen LogP contribution is 2.23. The van der Waals surface area contributed by atoms with Crippen LogP contribution in [0.15, 0.2) is 60.8 Å². The lowest BCUT2D eigenvalue weighted by Gasteiger charge is -2.40. The average molecular weight is 1010 g/mol. The van der Waals surface area contributed by atoms with E-state index in [0.29, 0.717) is 6.42 Å². The van der Waals surface area contributed by atoms with E-state index >= 15 is 0 Å². The molecule has 0 saturated carbocycles. The van der Waals surface area contributed by atoms with Gasteiger partial charge in [-0.05, 0) is 70.6 Å². The number of carbonyl (C=O) groups excluding carboxylic acids is 1. The average Bonchev–Trinajstić information content (AvgIpc) is 3.38.